The van der Waals surface area contributed by atoms with Crippen LogP contribution in [0.5, 0.6) is 0 Å². The number of hydrogen-bond donors (Lipinski definition) is 1. The maximum atomic E-state index is 14.6. The summed E-state index contributed by atoms with van der Waals surface area (Å²) < 4.78 is 6.70. The van der Waals surface area contributed by atoms with Crippen LogP contribution in [0.2, 0.25) is 0 Å². The third-order valence-electron chi connectivity index (χ3n) is 9.67. The second-order valence-corrected chi connectivity index (χ2v) is 12.2. The van der Waals surface area contributed by atoms with Gasteiger partial charge in [0.25, 0.3) is 0 Å². The quantitative estimate of drug-likeness (QED) is 0.234. The molecule has 2 bridgehead atoms. The molecule has 3 aliphatic heterocycles. The van der Waals surface area contributed by atoms with Gasteiger partial charge in [-0.25, -0.2) is 0 Å². The number of aliphatic hydroxyl groups excluding tert-OH is 1. The summed E-state index contributed by atoms with van der Waals surface area (Å²) in [7, 11) is 0. The molecule has 3 saturated heterocycles. The van der Waals surface area contributed by atoms with Crippen LogP contribution in [0.1, 0.15) is 64.9 Å². The van der Waals surface area contributed by atoms with Crippen molar-refractivity contribution in [3.05, 3.63) is 61.2 Å². The normalized spacial score (nSPS) is 27.4. The van der Waals surface area contributed by atoms with Crippen LogP contribution in [-0.2, 0) is 25.7 Å². The number of hydrogen-bond acceptors (Lipinski definition) is 5. The maximum absolute atomic E-state index is 14.6. The molecule has 1 aromatic rings. The van der Waals surface area contributed by atoms with Gasteiger partial charge in [-0.3, -0.25) is 14.4 Å². The highest BCUT2D eigenvalue weighted by Gasteiger charge is 2.75. The number of likely N-dealkylation sites (tertiary alicyclic amines) is 1. The summed E-state index contributed by atoms with van der Waals surface area (Å²) in [4.78, 5) is 48.5. The number of ether oxygens (including phenoxy) is 1. The predicted octanol–water partition coefficient (Wildman–Crippen LogP) is 4.19. The molecule has 2 unspecified atom stereocenters. The summed E-state index contributed by atoms with van der Waals surface area (Å²) in [5.74, 6) is -2.09. The number of aliphatic hydroxyl groups is 1. The molecule has 0 saturated carbocycles. The van der Waals surface area contributed by atoms with Crippen LogP contribution < -0.4 is 0 Å². The monoisotopic (exact) mass is 579 g/mol. The molecule has 0 radical (unpaired) electrons. The van der Waals surface area contributed by atoms with E-state index in [1.54, 1.807) is 26.9 Å². The van der Waals surface area contributed by atoms with Crippen molar-refractivity contribution in [2.24, 2.45) is 17.8 Å². The highest BCUT2D eigenvalue weighted by Crippen LogP contribution is 2.59. The first-order valence-corrected chi connectivity index (χ1v) is 15.7. The van der Waals surface area contributed by atoms with E-state index in [4.69, 9.17) is 4.74 Å². The number of rotatable bonds is 16. The van der Waals surface area contributed by atoms with Gasteiger partial charge in [0, 0.05) is 26.2 Å². The zero-order chi connectivity index (χ0) is 30.4. The lowest BCUT2D eigenvalue weighted by Gasteiger charge is -2.41. The van der Waals surface area contributed by atoms with E-state index in [2.05, 4.69) is 20.1 Å². The van der Waals surface area contributed by atoms with Gasteiger partial charge in [0.15, 0.2) is 0 Å². The number of amides is 3. The summed E-state index contributed by atoms with van der Waals surface area (Å²) in [5, 5.41) is 10.6. The molecule has 1 aromatic carbocycles. The van der Waals surface area contributed by atoms with Crippen LogP contribution in [0.15, 0.2) is 55.6 Å². The molecule has 4 rings (SSSR count). The van der Waals surface area contributed by atoms with Crippen LogP contribution in [0.25, 0.3) is 0 Å². The largest absolute Gasteiger partial charge is 0.394 e. The zero-order valence-electron chi connectivity index (χ0n) is 25.6. The topological polar surface area (TPSA) is 90.4 Å². The zero-order valence-corrected chi connectivity index (χ0v) is 25.6. The van der Waals surface area contributed by atoms with Gasteiger partial charge in [-0.15, -0.1) is 13.2 Å². The molecule has 0 aromatic heterocycles. The Hall–Kier alpha value is -2.97. The van der Waals surface area contributed by atoms with E-state index >= 15 is 0 Å². The Labute approximate surface area is 251 Å². The van der Waals surface area contributed by atoms with Gasteiger partial charge in [-0.05, 0) is 30.7 Å². The summed E-state index contributed by atoms with van der Waals surface area (Å²) in [6, 6.07) is 8.32. The molecule has 3 heterocycles. The second kappa shape index (κ2) is 14.0. The molecule has 1 N–H and O–H groups in total. The number of benzene rings is 1. The van der Waals surface area contributed by atoms with Gasteiger partial charge < -0.3 is 24.5 Å². The highest BCUT2D eigenvalue weighted by atomic mass is 16.5. The fourth-order valence-corrected chi connectivity index (χ4v) is 7.40. The van der Waals surface area contributed by atoms with Gasteiger partial charge in [0.05, 0.1) is 30.6 Å². The van der Waals surface area contributed by atoms with Crippen molar-refractivity contribution >= 4 is 17.7 Å². The molecule has 3 aliphatic rings. The van der Waals surface area contributed by atoms with Gasteiger partial charge in [-0.1, -0.05) is 82.5 Å². The van der Waals surface area contributed by atoms with Crippen molar-refractivity contribution in [1.29, 1.82) is 0 Å². The summed E-state index contributed by atoms with van der Waals surface area (Å²) in [6.07, 6.45) is 7.72. The first-order chi connectivity index (χ1) is 20.3. The van der Waals surface area contributed by atoms with E-state index in [0.717, 1.165) is 31.2 Å². The minimum absolute atomic E-state index is 0.0425. The first-order valence-electron chi connectivity index (χ1n) is 15.7. The minimum Gasteiger partial charge on any atom is -0.394 e. The lowest BCUT2D eigenvalue weighted by Crippen LogP contribution is -2.59. The molecular formula is C34H49N3O5. The van der Waals surface area contributed by atoms with Gasteiger partial charge in [-0.2, -0.15) is 0 Å². The van der Waals surface area contributed by atoms with Crippen molar-refractivity contribution in [3.63, 3.8) is 0 Å². The average Bonchev–Trinajstić information content (AvgIpc) is 3.64. The smallest absolute Gasteiger partial charge is 0.248 e. The average molecular weight is 580 g/mol. The minimum atomic E-state index is -1.10. The molecule has 3 fully saturated rings. The van der Waals surface area contributed by atoms with Crippen LogP contribution in [0.3, 0.4) is 0 Å². The number of nitrogens with zero attached hydrogens (tertiary/aromatic N) is 3. The van der Waals surface area contributed by atoms with Crippen LogP contribution in [-0.4, -0.2) is 87.6 Å². The fraction of sp³-hybridized carbons (Fsp3) is 0.618. The molecular weight excluding hydrogens is 530 g/mol. The first kappa shape index (κ1) is 32.0. The fourth-order valence-electron chi connectivity index (χ4n) is 7.40. The van der Waals surface area contributed by atoms with Crippen molar-refractivity contribution < 1.29 is 24.2 Å². The van der Waals surface area contributed by atoms with E-state index in [9.17, 15) is 19.5 Å². The molecule has 8 nitrogen and oxygen atoms in total. The number of carbonyl (C=O) groups is 3. The second-order valence-electron chi connectivity index (χ2n) is 12.2. The van der Waals surface area contributed by atoms with Crippen LogP contribution in [0, 0.1) is 17.8 Å². The number of fused-ring (bicyclic) bond motifs is 1. The summed E-state index contributed by atoms with van der Waals surface area (Å²) in [5.41, 5.74) is -0.111. The van der Waals surface area contributed by atoms with E-state index in [1.165, 1.54) is 0 Å². The van der Waals surface area contributed by atoms with Crippen molar-refractivity contribution in [2.75, 3.05) is 26.2 Å². The third kappa shape index (κ3) is 5.80. The Morgan fingerprint density at radius 1 is 1.12 bits per heavy atom. The molecule has 8 heteroatoms. The van der Waals surface area contributed by atoms with Gasteiger partial charge >= 0.3 is 0 Å². The van der Waals surface area contributed by atoms with Crippen molar-refractivity contribution in [3.8, 4) is 0 Å². The van der Waals surface area contributed by atoms with Gasteiger partial charge in [0.1, 0.15) is 11.6 Å². The molecule has 42 heavy (non-hydrogen) atoms. The molecule has 0 aliphatic carbocycles. The number of carbonyl (C=O) groups excluding carboxylic acids is 3. The van der Waals surface area contributed by atoms with Gasteiger partial charge in [0.2, 0.25) is 17.7 Å². The van der Waals surface area contributed by atoms with Crippen molar-refractivity contribution in [2.45, 2.75) is 89.6 Å². The van der Waals surface area contributed by atoms with E-state index < -0.39 is 35.6 Å². The van der Waals surface area contributed by atoms with E-state index in [-0.39, 0.29) is 30.2 Å². The molecule has 230 valence electrons. The van der Waals surface area contributed by atoms with E-state index in [1.807, 2.05) is 44.2 Å². The Bertz CT molecular complexity index is 1130. The molecule has 7 atom stereocenters. The predicted molar refractivity (Wildman–Crippen MR) is 163 cm³/mol. The standard InChI is InChI=1S/C34H49N3O5/c1-6-10-14-21-35(19-7-2)33(41)30-34-18-17-27(42-34)28(29(34)32(40)37(30)26(23-38)24(5)9-4)31(39)36(20-8-3)22-25-15-12-11-13-16-25/h7-8,11-13,15-16,24,26-30,38H,2-3,6,9-10,14,17-23H2,1,4-5H3/t24-,26-,27+,28-,29-,30?,34?/m0/s1. The Balaban J connectivity index is 1.74. The summed E-state index contributed by atoms with van der Waals surface area (Å²) in [6.45, 7) is 15.3. The maximum Gasteiger partial charge on any atom is 0.248 e. The highest BCUT2D eigenvalue weighted by molar-refractivity contribution is 5.99. The Kier molecular flexibility index (Phi) is 10.7. The Morgan fingerprint density at radius 3 is 2.43 bits per heavy atom. The van der Waals surface area contributed by atoms with E-state index in [0.29, 0.717) is 39.0 Å². The lowest BCUT2D eigenvalue weighted by molar-refractivity contribution is -0.153. The van der Waals surface area contributed by atoms with Crippen molar-refractivity contribution in [1.82, 2.24) is 14.7 Å². The van der Waals surface area contributed by atoms with Crippen LogP contribution in [0.4, 0.5) is 0 Å². The number of unbranched alkanes of at least 4 members (excludes halogenated alkanes) is 2. The lowest BCUT2D eigenvalue weighted by atomic mass is 9.70. The molecule has 3 amide bonds. The SMILES string of the molecule is C=CCN(CCCCC)C(=O)C1N([C@@H](CO)[C@@H](C)CC)C(=O)[C@@H]2[C@@H](C(=O)N(CC=C)Cc3ccccc3)[C@H]3CCC12O3. The van der Waals surface area contributed by atoms with Crippen LogP contribution >= 0.6 is 0 Å². The third-order valence-corrected chi connectivity index (χ3v) is 9.67. The summed E-state index contributed by atoms with van der Waals surface area (Å²) >= 11 is 0. The molecule has 1 spiro atoms. The Morgan fingerprint density at radius 2 is 1.81 bits per heavy atom.